The van der Waals surface area contributed by atoms with Gasteiger partial charge in [-0.05, 0) is 24.3 Å². The fraction of sp³-hybridized carbons (Fsp3) is 1.00. The molecular weight excluding hydrogens is 142 g/mol. The fourth-order valence-electron chi connectivity index (χ4n) is 0.894. The van der Waals surface area contributed by atoms with Crippen molar-refractivity contribution in [2.24, 2.45) is 5.73 Å². The molecule has 0 radical (unpaired) electrons. The summed E-state index contributed by atoms with van der Waals surface area (Å²) >= 11 is 1.98. The molecule has 0 aromatic heterocycles. The minimum absolute atomic E-state index is 0.448. The maximum absolute atomic E-state index is 5.81. The Kier molecular flexibility index (Phi) is 7.65. The van der Waals surface area contributed by atoms with E-state index in [9.17, 15) is 0 Å². The molecule has 0 heterocycles. The summed E-state index contributed by atoms with van der Waals surface area (Å²) in [4.78, 5) is 0. The maximum Gasteiger partial charge on any atom is 0.00465 e. The van der Waals surface area contributed by atoms with Gasteiger partial charge in [0.15, 0.2) is 0 Å². The van der Waals surface area contributed by atoms with Crippen molar-refractivity contribution in [1.82, 2.24) is 0 Å². The van der Waals surface area contributed by atoms with Crippen LogP contribution in [0.5, 0.6) is 0 Å². The largest absolute Gasteiger partial charge is 0.328 e. The molecule has 0 aliphatic rings. The van der Waals surface area contributed by atoms with E-state index in [-0.39, 0.29) is 0 Å². The number of hydrogen-bond acceptors (Lipinski definition) is 2. The molecule has 0 rings (SSSR count). The Labute approximate surface area is 68.8 Å². The first-order valence-corrected chi connectivity index (χ1v) is 5.30. The van der Waals surface area contributed by atoms with Crippen molar-refractivity contribution in [1.29, 1.82) is 0 Å². The Morgan fingerprint density at radius 1 is 1.30 bits per heavy atom. The summed E-state index contributed by atoms with van der Waals surface area (Å²) in [6, 6.07) is 0.448. The normalized spacial score (nSPS) is 13.5. The number of nitrogens with two attached hydrogens (primary N) is 1. The summed E-state index contributed by atoms with van der Waals surface area (Å²) in [7, 11) is 0. The Morgan fingerprint density at radius 3 is 2.50 bits per heavy atom. The van der Waals surface area contributed by atoms with Gasteiger partial charge in [0.05, 0.1) is 0 Å². The van der Waals surface area contributed by atoms with Crippen molar-refractivity contribution in [2.45, 2.75) is 39.2 Å². The first-order valence-electron chi connectivity index (χ1n) is 4.14. The molecule has 0 saturated heterocycles. The summed E-state index contributed by atoms with van der Waals surface area (Å²) in [6.45, 7) is 4.38. The molecule has 1 atom stereocenters. The van der Waals surface area contributed by atoms with Gasteiger partial charge in [0.1, 0.15) is 0 Å². The van der Waals surface area contributed by atoms with Gasteiger partial charge in [-0.25, -0.2) is 0 Å². The van der Waals surface area contributed by atoms with E-state index in [2.05, 4.69) is 13.8 Å². The zero-order valence-electron chi connectivity index (χ0n) is 7.10. The second kappa shape index (κ2) is 7.42. The van der Waals surface area contributed by atoms with Crippen LogP contribution in [0.25, 0.3) is 0 Å². The predicted molar refractivity (Wildman–Crippen MR) is 50.5 cm³/mol. The maximum atomic E-state index is 5.81. The van der Waals surface area contributed by atoms with Crippen molar-refractivity contribution >= 4 is 11.8 Å². The van der Waals surface area contributed by atoms with E-state index in [1.165, 1.54) is 30.8 Å². The highest BCUT2D eigenvalue weighted by Gasteiger charge is 1.98. The Morgan fingerprint density at radius 2 is 2.00 bits per heavy atom. The monoisotopic (exact) mass is 161 g/mol. The van der Waals surface area contributed by atoms with E-state index in [4.69, 9.17) is 5.73 Å². The van der Waals surface area contributed by atoms with Crippen LogP contribution in [0.1, 0.15) is 33.1 Å². The summed E-state index contributed by atoms with van der Waals surface area (Å²) in [5.74, 6) is 2.45. The lowest BCUT2D eigenvalue weighted by Crippen LogP contribution is -2.20. The van der Waals surface area contributed by atoms with Gasteiger partial charge in [-0.3, -0.25) is 0 Å². The third-order valence-corrected chi connectivity index (χ3v) is 2.43. The standard InChI is InChI=1S/C8H19NS/c1-3-5-8(9)6-7-10-4-2/h8H,3-7,9H2,1-2H3. The third kappa shape index (κ3) is 6.43. The zero-order chi connectivity index (χ0) is 7.82. The van der Waals surface area contributed by atoms with Crippen LogP contribution in [0, 0.1) is 0 Å². The number of hydrogen-bond donors (Lipinski definition) is 1. The van der Waals surface area contributed by atoms with E-state index in [1.54, 1.807) is 0 Å². The molecule has 2 heteroatoms. The number of rotatable bonds is 6. The molecule has 0 saturated carbocycles. The minimum Gasteiger partial charge on any atom is -0.328 e. The topological polar surface area (TPSA) is 26.0 Å². The Balaban J connectivity index is 2.97. The molecule has 0 aliphatic heterocycles. The lowest BCUT2D eigenvalue weighted by molar-refractivity contribution is 0.591. The quantitative estimate of drug-likeness (QED) is 0.605. The first-order chi connectivity index (χ1) is 4.81. The van der Waals surface area contributed by atoms with Gasteiger partial charge in [0.25, 0.3) is 0 Å². The highest BCUT2D eigenvalue weighted by Crippen LogP contribution is 2.05. The highest BCUT2D eigenvalue weighted by molar-refractivity contribution is 7.99. The lowest BCUT2D eigenvalue weighted by Gasteiger charge is -2.08. The van der Waals surface area contributed by atoms with Crippen LogP contribution in [0.15, 0.2) is 0 Å². The van der Waals surface area contributed by atoms with E-state index >= 15 is 0 Å². The molecule has 1 unspecified atom stereocenters. The zero-order valence-corrected chi connectivity index (χ0v) is 7.91. The smallest absolute Gasteiger partial charge is 0.00465 e. The van der Waals surface area contributed by atoms with Gasteiger partial charge in [-0.2, -0.15) is 11.8 Å². The van der Waals surface area contributed by atoms with Gasteiger partial charge in [-0.1, -0.05) is 20.3 Å². The van der Waals surface area contributed by atoms with Crippen LogP contribution in [-0.4, -0.2) is 17.5 Å². The average Bonchev–Trinajstić information content (AvgIpc) is 1.89. The summed E-state index contributed by atoms with van der Waals surface area (Å²) < 4.78 is 0. The second-order valence-corrected chi connectivity index (χ2v) is 3.93. The van der Waals surface area contributed by atoms with Crippen molar-refractivity contribution in [2.75, 3.05) is 11.5 Å². The van der Waals surface area contributed by atoms with Gasteiger partial charge in [-0.15, -0.1) is 0 Å². The Hall–Kier alpha value is 0.310. The van der Waals surface area contributed by atoms with Crippen LogP contribution in [0.4, 0.5) is 0 Å². The van der Waals surface area contributed by atoms with E-state index in [0.29, 0.717) is 6.04 Å². The van der Waals surface area contributed by atoms with Gasteiger partial charge in [0.2, 0.25) is 0 Å². The predicted octanol–water partition coefficient (Wildman–Crippen LogP) is 2.26. The van der Waals surface area contributed by atoms with Crippen molar-refractivity contribution in [3.63, 3.8) is 0 Å². The molecule has 1 nitrogen and oxygen atoms in total. The van der Waals surface area contributed by atoms with Crippen LogP contribution in [0.3, 0.4) is 0 Å². The van der Waals surface area contributed by atoms with Crippen LogP contribution in [-0.2, 0) is 0 Å². The van der Waals surface area contributed by atoms with Crippen LogP contribution >= 0.6 is 11.8 Å². The summed E-state index contributed by atoms with van der Waals surface area (Å²) in [5.41, 5.74) is 5.81. The molecule has 0 fully saturated rings. The first kappa shape index (κ1) is 10.3. The Bertz CT molecular complexity index is 66.3. The average molecular weight is 161 g/mol. The van der Waals surface area contributed by atoms with E-state index < -0.39 is 0 Å². The van der Waals surface area contributed by atoms with E-state index in [0.717, 1.165) is 0 Å². The molecule has 0 aromatic rings. The molecule has 62 valence electrons. The summed E-state index contributed by atoms with van der Waals surface area (Å²) in [5, 5.41) is 0. The van der Waals surface area contributed by atoms with E-state index in [1.807, 2.05) is 11.8 Å². The summed E-state index contributed by atoms with van der Waals surface area (Å²) in [6.07, 6.45) is 3.59. The molecule has 0 aliphatic carbocycles. The molecule has 0 amide bonds. The third-order valence-electron chi connectivity index (χ3n) is 1.50. The van der Waals surface area contributed by atoms with Crippen molar-refractivity contribution in [3.05, 3.63) is 0 Å². The second-order valence-electron chi connectivity index (χ2n) is 2.53. The van der Waals surface area contributed by atoms with Gasteiger partial charge in [0, 0.05) is 6.04 Å². The molecule has 10 heavy (non-hydrogen) atoms. The molecular formula is C8H19NS. The molecule has 0 bridgehead atoms. The minimum atomic E-state index is 0.448. The molecule has 0 aromatic carbocycles. The van der Waals surface area contributed by atoms with Gasteiger partial charge >= 0.3 is 0 Å². The van der Waals surface area contributed by atoms with Crippen molar-refractivity contribution < 1.29 is 0 Å². The van der Waals surface area contributed by atoms with Crippen molar-refractivity contribution in [3.8, 4) is 0 Å². The van der Waals surface area contributed by atoms with Crippen LogP contribution in [0.2, 0.25) is 0 Å². The molecule has 0 spiro atoms. The van der Waals surface area contributed by atoms with Gasteiger partial charge < -0.3 is 5.73 Å². The van der Waals surface area contributed by atoms with Crippen LogP contribution < -0.4 is 5.73 Å². The highest BCUT2D eigenvalue weighted by atomic mass is 32.2. The SMILES string of the molecule is CCCC(N)CCSCC. The fourth-order valence-corrected chi connectivity index (χ4v) is 1.65. The molecule has 2 N–H and O–H groups in total. The lowest BCUT2D eigenvalue weighted by atomic mass is 10.1. The number of thioether (sulfide) groups is 1.